The molecule has 0 aliphatic carbocycles. The summed E-state index contributed by atoms with van der Waals surface area (Å²) in [6, 6.07) is 2.13. The molecule has 0 atom stereocenters. The van der Waals surface area contributed by atoms with Crippen LogP contribution in [0.5, 0.6) is 0 Å². The van der Waals surface area contributed by atoms with Crippen molar-refractivity contribution in [1.29, 1.82) is 5.26 Å². The fraction of sp³-hybridized carbons (Fsp3) is 0.750. The summed E-state index contributed by atoms with van der Waals surface area (Å²) in [4.78, 5) is 0. The summed E-state index contributed by atoms with van der Waals surface area (Å²) in [5.74, 6) is 0. The predicted octanol–water partition coefficient (Wildman–Crippen LogP) is 0.609. The van der Waals surface area contributed by atoms with Crippen molar-refractivity contribution in [3.8, 4) is 6.07 Å². The monoisotopic (exact) mass is 199 g/mol. The van der Waals surface area contributed by atoms with E-state index in [0.29, 0.717) is 0 Å². The van der Waals surface area contributed by atoms with Gasteiger partial charge < -0.3 is 0 Å². The van der Waals surface area contributed by atoms with Crippen LogP contribution in [0.3, 0.4) is 0 Å². The van der Waals surface area contributed by atoms with Crippen LogP contribution in [0.25, 0.3) is 0 Å². The average Bonchev–Trinajstić information content (AvgIpc) is 1.35. The molecule has 0 saturated heterocycles. The van der Waals surface area contributed by atoms with Crippen molar-refractivity contribution < 1.29 is 0 Å². The van der Waals surface area contributed by atoms with Crippen LogP contribution in [0.1, 0.15) is 13.8 Å². The minimum atomic E-state index is -0.103. The molecule has 0 aliphatic heterocycles. The summed E-state index contributed by atoms with van der Waals surface area (Å²) in [6.45, 7) is 3.81. The van der Waals surface area contributed by atoms with Gasteiger partial charge in [0, 0.05) is 0 Å². The molecule has 0 bridgehead atoms. The zero-order valence-electron chi connectivity index (χ0n) is 3.89. The van der Waals surface area contributed by atoms with Crippen LogP contribution in [0.4, 0.5) is 0 Å². The molecule has 0 saturated carbocycles. The molecule has 0 radical (unpaired) electrons. The van der Waals surface area contributed by atoms with Crippen molar-refractivity contribution >= 4 is 22.3 Å². The molecular formula is C4H7NTe. The standard InChI is InChI=1S/C4H7NTe/c1-4(2,6)3-5/h6H,1-2H3. The molecule has 0 aromatic carbocycles. The average molecular weight is 197 g/mol. The van der Waals surface area contributed by atoms with E-state index < -0.39 is 0 Å². The molecule has 1 nitrogen and oxygen atoms in total. The van der Waals surface area contributed by atoms with Crippen molar-refractivity contribution in [2.24, 2.45) is 0 Å². The van der Waals surface area contributed by atoms with Crippen molar-refractivity contribution in [1.82, 2.24) is 0 Å². The van der Waals surface area contributed by atoms with Gasteiger partial charge in [0.2, 0.25) is 0 Å². The molecule has 6 heavy (non-hydrogen) atoms. The van der Waals surface area contributed by atoms with Gasteiger partial charge in [-0.25, -0.2) is 0 Å². The second-order valence-electron chi connectivity index (χ2n) is 1.67. The van der Waals surface area contributed by atoms with Gasteiger partial charge in [0.1, 0.15) is 0 Å². The number of nitrogens with zero attached hydrogens (tertiary/aromatic N) is 1. The van der Waals surface area contributed by atoms with Gasteiger partial charge in [-0.1, -0.05) is 0 Å². The summed E-state index contributed by atoms with van der Waals surface area (Å²) in [5.41, 5.74) is 0. The zero-order valence-corrected chi connectivity index (χ0v) is 6.45. The summed E-state index contributed by atoms with van der Waals surface area (Å²) < 4.78 is -0.103. The van der Waals surface area contributed by atoms with E-state index in [1.54, 1.807) is 22.3 Å². The third-order valence-electron chi connectivity index (χ3n) is 0.274. The molecule has 34 valence electrons. The van der Waals surface area contributed by atoms with Gasteiger partial charge in [0.25, 0.3) is 0 Å². The first-order valence-corrected chi connectivity index (χ1v) is 2.97. The summed E-state index contributed by atoms with van der Waals surface area (Å²) in [7, 11) is 0. The first kappa shape index (κ1) is 6.28. The van der Waals surface area contributed by atoms with Gasteiger partial charge in [0.15, 0.2) is 0 Å². The van der Waals surface area contributed by atoms with E-state index in [1.807, 2.05) is 13.8 Å². The van der Waals surface area contributed by atoms with E-state index in [1.165, 1.54) is 0 Å². The zero-order chi connectivity index (χ0) is 5.21. The molecule has 0 aliphatic rings. The Labute approximate surface area is 51.3 Å². The normalized spacial score (nSPS) is 10.3. The predicted molar refractivity (Wildman–Crippen MR) is 26.8 cm³/mol. The second-order valence-corrected chi connectivity index (χ2v) is 4.86. The van der Waals surface area contributed by atoms with E-state index in [-0.39, 0.29) is 3.46 Å². The van der Waals surface area contributed by atoms with Crippen LogP contribution in [-0.4, -0.2) is 22.3 Å². The Hall–Kier alpha value is 0.280. The van der Waals surface area contributed by atoms with E-state index in [2.05, 4.69) is 6.07 Å². The van der Waals surface area contributed by atoms with E-state index in [0.717, 1.165) is 0 Å². The Morgan fingerprint density at radius 2 is 1.83 bits per heavy atom. The Morgan fingerprint density at radius 3 is 1.83 bits per heavy atom. The summed E-state index contributed by atoms with van der Waals surface area (Å²) >= 11 is 1.55. The second kappa shape index (κ2) is 1.82. The van der Waals surface area contributed by atoms with E-state index in [9.17, 15) is 0 Å². The van der Waals surface area contributed by atoms with Gasteiger partial charge >= 0.3 is 50.9 Å². The van der Waals surface area contributed by atoms with Crippen molar-refractivity contribution in [3.05, 3.63) is 0 Å². The van der Waals surface area contributed by atoms with Crippen molar-refractivity contribution in [2.75, 3.05) is 0 Å². The SMILES string of the molecule is CC(C)([TeH])C#N. The van der Waals surface area contributed by atoms with Gasteiger partial charge in [-0.15, -0.1) is 0 Å². The molecule has 0 aromatic rings. The Balaban J connectivity index is 3.55. The van der Waals surface area contributed by atoms with E-state index >= 15 is 0 Å². The summed E-state index contributed by atoms with van der Waals surface area (Å²) in [6.07, 6.45) is 0. The van der Waals surface area contributed by atoms with Gasteiger partial charge in [-0.3, -0.25) is 0 Å². The quantitative estimate of drug-likeness (QED) is 0.521. The number of hydrogen-bond acceptors (Lipinski definition) is 1. The molecule has 0 aromatic heterocycles. The Bertz CT molecular complexity index is 74.5. The van der Waals surface area contributed by atoms with Crippen LogP contribution in [0.15, 0.2) is 0 Å². The first-order chi connectivity index (χ1) is 2.56. The number of hydrogen-bond donors (Lipinski definition) is 0. The molecule has 0 rings (SSSR count). The third-order valence-corrected chi connectivity index (χ3v) is 0.559. The maximum atomic E-state index is 8.17. The number of rotatable bonds is 0. The van der Waals surface area contributed by atoms with Crippen LogP contribution in [-0.2, 0) is 0 Å². The van der Waals surface area contributed by atoms with Crippen molar-refractivity contribution in [3.63, 3.8) is 0 Å². The topological polar surface area (TPSA) is 23.8 Å². The van der Waals surface area contributed by atoms with Crippen molar-refractivity contribution in [2.45, 2.75) is 17.3 Å². The fourth-order valence-electron chi connectivity index (χ4n) is 0. The molecule has 0 spiro atoms. The summed E-state index contributed by atoms with van der Waals surface area (Å²) in [5, 5.41) is 8.17. The number of nitriles is 1. The molecular weight excluding hydrogens is 190 g/mol. The molecule has 2 heteroatoms. The molecule has 0 amide bonds. The maximum absolute atomic E-state index is 8.17. The fourth-order valence-corrected chi connectivity index (χ4v) is 0. The Morgan fingerprint density at radius 1 is 1.67 bits per heavy atom. The van der Waals surface area contributed by atoms with E-state index in [4.69, 9.17) is 5.26 Å². The van der Waals surface area contributed by atoms with Gasteiger partial charge in [0.05, 0.1) is 0 Å². The van der Waals surface area contributed by atoms with Gasteiger partial charge in [-0.2, -0.15) is 0 Å². The minimum absolute atomic E-state index is 0.103. The van der Waals surface area contributed by atoms with Crippen LogP contribution >= 0.6 is 0 Å². The molecule has 0 N–H and O–H groups in total. The van der Waals surface area contributed by atoms with Gasteiger partial charge in [-0.05, 0) is 0 Å². The molecule has 0 unspecified atom stereocenters. The molecule has 0 fully saturated rings. The van der Waals surface area contributed by atoms with Crippen LogP contribution in [0, 0.1) is 11.3 Å². The third kappa shape index (κ3) is 4.28. The van der Waals surface area contributed by atoms with Crippen LogP contribution < -0.4 is 0 Å². The van der Waals surface area contributed by atoms with Crippen LogP contribution in [0.2, 0.25) is 3.46 Å². The molecule has 0 heterocycles. The Kier molecular flexibility index (Phi) is 1.91. The first-order valence-electron chi connectivity index (χ1n) is 1.70.